The second kappa shape index (κ2) is 13.1. The van der Waals surface area contributed by atoms with E-state index in [1.807, 2.05) is 6.07 Å². The molecule has 0 spiro atoms. The Hall–Kier alpha value is -7.49. The first kappa shape index (κ1) is 32.0. The van der Waals surface area contributed by atoms with Gasteiger partial charge in [0.15, 0.2) is 17.5 Å². The van der Waals surface area contributed by atoms with Crippen molar-refractivity contribution in [2.45, 2.75) is 0 Å². The zero-order valence-corrected chi connectivity index (χ0v) is 30.4. The number of hydrogen-bond acceptors (Lipinski definition) is 3. The summed E-state index contributed by atoms with van der Waals surface area (Å²) in [6.07, 6.45) is 0. The Bertz CT molecular complexity index is 3300. The van der Waals surface area contributed by atoms with Crippen molar-refractivity contribution >= 4 is 53.9 Å². The number of benzene rings is 10. The van der Waals surface area contributed by atoms with Crippen molar-refractivity contribution in [2.75, 3.05) is 0 Å². The molecule has 0 unspecified atom stereocenters. The van der Waals surface area contributed by atoms with E-state index in [-0.39, 0.29) is 0 Å². The van der Waals surface area contributed by atoms with Crippen LogP contribution in [0.4, 0.5) is 0 Å². The molecule has 10 aromatic carbocycles. The highest BCUT2D eigenvalue weighted by atomic mass is 15.0. The highest BCUT2D eigenvalue weighted by Crippen LogP contribution is 2.40. The summed E-state index contributed by atoms with van der Waals surface area (Å²) in [6, 6.07) is 71.2. The molecule has 3 nitrogen and oxygen atoms in total. The van der Waals surface area contributed by atoms with Gasteiger partial charge in [0.25, 0.3) is 0 Å². The van der Waals surface area contributed by atoms with Crippen molar-refractivity contribution in [2.24, 2.45) is 0 Å². The molecule has 0 N–H and O–H groups in total. The topological polar surface area (TPSA) is 38.7 Å². The van der Waals surface area contributed by atoms with Gasteiger partial charge in [0.1, 0.15) is 0 Å². The van der Waals surface area contributed by atoms with Gasteiger partial charge in [0.2, 0.25) is 0 Å². The molecule has 0 saturated carbocycles. The van der Waals surface area contributed by atoms with Crippen molar-refractivity contribution in [3.8, 4) is 56.4 Å². The normalized spacial score (nSPS) is 11.6. The lowest BCUT2D eigenvalue weighted by molar-refractivity contribution is 1.07. The monoisotopic (exact) mass is 711 g/mol. The van der Waals surface area contributed by atoms with Crippen LogP contribution in [0.15, 0.2) is 200 Å². The zero-order chi connectivity index (χ0) is 37.0. The summed E-state index contributed by atoms with van der Waals surface area (Å²) < 4.78 is 0. The van der Waals surface area contributed by atoms with Crippen LogP contribution in [0.3, 0.4) is 0 Å². The third-order valence-electron chi connectivity index (χ3n) is 11.1. The Kier molecular flexibility index (Phi) is 7.49. The van der Waals surface area contributed by atoms with Crippen molar-refractivity contribution in [3.63, 3.8) is 0 Å². The van der Waals surface area contributed by atoms with Crippen molar-refractivity contribution in [1.82, 2.24) is 15.0 Å². The van der Waals surface area contributed by atoms with Crippen LogP contribution >= 0.6 is 0 Å². The fourth-order valence-electron chi connectivity index (χ4n) is 8.30. The summed E-state index contributed by atoms with van der Waals surface area (Å²) in [5.41, 5.74) is 7.46. The Morgan fingerprint density at radius 3 is 1.43 bits per heavy atom. The molecule has 3 heteroatoms. The predicted octanol–water partition coefficient (Wildman–Crippen LogP) is 14.0. The second-order valence-electron chi connectivity index (χ2n) is 14.4. The summed E-state index contributed by atoms with van der Waals surface area (Å²) >= 11 is 0. The van der Waals surface area contributed by atoms with Gasteiger partial charge >= 0.3 is 0 Å². The minimum Gasteiger partial charge on any atom is -0.208 e. The van der Waals surface area contributed by atoms with Gasteiger partial charge in [0, 0.05) is 16.7 Å². The minimum atomic E-state index is 0.633. The number of nitrogens with zero attached hydrogens (tertiary/aromatic N) is 3. The van der Waals surface area contributed by atoms with E-state index in [9.17, 15) is 0 Å². The Morgan fingerprint density at radius 1 is 0.214 bits per heavy atom. The first-order valence-electron chi connectivity index (χ1n) is 19.0. The molecule has 11 aromatic rings. The lowest BCUT2D eigenvalue weighted by atomic mass is 9.89. The maximum atomic E-state index is 5.16. The van der Waals surface area contributed by atoms with E-state index in [0.29, 0.717) is 17.5 Å². The standard InChI is InChI=1S/C53H33N3/c1-2-11-34(12-3-1)39-16-10-17-42(31-39)52-54-51(55-53(56-52)43-28-29-46-41(32-43)26-21-35-13-4-7-18-44(35)46)38-24-22-37(23-25-38)50-47-20-9-6-15-40(47)33-49-45-19-8-5-14-36(45)27-30-48(49)50/h1-33H. The quantitative estimate of drug-likeness (QED) is 0.132. The molecule has 0 aliphatic carbocycles. The van der Waals surface area contributed by atoms with E-state index in [1.54, 1.807) is 0 Å². The van der Waals surface area contributed by atoms with E-state index >= 15 is 0 Å². The SMILES string of the molecule is c1ccc(-c2cccc(-c3nc(-c4ccc(-c5c6ccccc6cc6c5ccc5ccccc56)cc4)nc(-c4ccc5c(ccc6ccccc65)c4)n3)c2)cc1. The number of aromatic nitrogens is 3. The lowest BCUT2D eigenvalue weighted by Gasteiger charge is -2.15. The molecule has 0 aliphatic rings. The first-order chi connectivity index (χ1) is 27.7. The second-order valence-corrected chi connectivity index (χ2v) is 14.4. The molecule has 1 aromatic heterocycles. The van der Waals surface area contributed by atoms with Gasteiger partial charge in [-0.3, -0.25) is 0 Å². The average molecular weight is 712 g/mol. The first-order valence-corrected chi connectivity index (χ1v) is 19.0. The molecule has 0 bridgehead atoms. The third kappa shape index (κ3) is 5.49. The van der Waals surface area contributed by atoms with Crippen LogP contribution < -0.4 is 0 Å². The summed E-state index contributed by atoms with van der Waals surface area (Å²) in [7, 11) is 0. The molecule has 0 fully saturated rings. The largest absolute Gasteiger partial charge is 0.208 e. The molecule has 0 amide bonds. The van der Waals surface area contributed by atoms with Gasteiger partial charge in [-0.25, -0.2) is 15.0 Å². The molecule has 0 radical (unpaired) electrons. The maximum absolute atomic E-state index is 5.16. The summed E-state index contributed by atoms with van der Waals surface area (Å²) in [6.45, 7) is 0. The lowest BCUT2D eigenvalue weighted by Crippen LogP contribution is -2.00. The minimum absolute atomic E-state index is 0.633. The van der Waals surface area contributed by atoms with Gasteiger partial charge < -0.3 is 0 Å². The molecule has 1 heterocycles. The molecular weight excluding hydrogens is 679 g/mol. The van der Waals surface area contributed by atoms with E-state index in [0.717, 1.165) is 38.8 Å². The zero-order valence-electron chi connectivity index (χ0n) is 30.4. The van der Waals surface area contributed by atoms with Crippen LogP contribution in [0.25, 0.3) is 110 Å². The molecule has 11 rings (SSSR count). The van der Waals surface area contributed by atoms with Gasteiger partial charge in [-0.2, -0.15) is 0 Å². The van der Waals surface area contributed by atoms with Gasteiger partial charge in [-0.15, -0.1) is 0 Å². The highest BCUT2D eigenvalue weighted by Gasteiger charge is 2.16. The Labute approximate surface area is 324 Å². The summed E-state index contributed by atoms with van der Waals surface area (Å²) in [4.78, 5) is 15.5. The molecule has 0 atom stereocenters. The Balaban J connectivity index is 1.07. The van der Waals surface area contributed by atoms with Crippen LogP contribution in [0.5, 0.6) is 0 Å². The fourth-order valence-corrected chi connectivity index (χ4v) is 8.30. The number of hydrogen-bond donors (Lipinski definition) is 0. The molecular formula is C53H33N3. The highest BCUT2D eigenvalue weighted by molar-refractivity contribution is 6.20. The van der Waals surface area contributed by atoms with Crippen molar-refractivity contribution in [1.29, 1.82) is 0 Å². The van der Waals surface area contributed by atoms with Gasteiger partial charge in [0.05, 0.1) is 0 Å². The molecule has 0 saturated heterocycles. The molecule has 56 heavy (non-hydrogen) atoms. The fraction of sp³-hybridized carbons (Fsp3) is 0. The average Bonchev–Trinajstić information content (AvgIpc) is 3.28. The van der Waals surface area contributed by atoms with Crippen molar-refractivity contribution < 1.29 is 0 Å². The van der Waals surface area contributed by atoms with Crippen LogP contribution in [0.1, 0.15) is 0 Å². The predicted molar refractivity (Wildman–Crippen MR) is 235 cm³/mol. The maximum Gasteiger partial charge on any atom is 0.164 e. The number of rotatable bonds is 5. The summed E-state index contributed by atoms with van der Waals surface area (Å²) in [5.74, 6) is 1.91. The van der Waals surface area contributed by atoms with E-state index in [2.05, 4.69) is 194 Å². The van der Waals surface area contributed by atoms with Crippen LogP contribution in [0.2, 0.25) is 0 Å². The van der Waals surface area contributed by atoms with Gasteiger partial charge in [-0.05, 0) is 94.3 Å². The molecule has 260 valence electrons. The van der Waals surface area contributed by atoms with Crippen LogP contribution in [0, 0.1) is 0 Å². The molecule has 0 aliphatic heterocycles. The number of fused-ring (bicyclic) bond motifs is 7. The van der Waals surface area contributed by atoms with E-state index in [4.69, 9.17) is 15.0 Å². The van der Waals surface area contributed by atoms with Crippen molar-refractivity contribution in [3.05, 3.63) is 200 Å². The smallest absolute Gasteiger partial charge is 0.164 e. The third-order valence-corrected chi connectivity index (χ3v) is 11.1. The van der Waals surface area contributed by atoms with Crippen LogP contribution in [-0.2, 0) is 0 Å². The van der Waals surface area contributed by atoms with E-state index in [1.165, 1.54) is 54.0 Å². The van der Waals surface area contributed by atoms with Crippen LogP contribution in [-0.4, -0.2) is 15.0 Å². The van der Waals surface area contributed by atoms with E-state index < -0.39 is 0 Å². The van der Waals surface area contributed by atoms with Gasteiger partial charge in [-0.1, -0.05) is 182 Å². The summed E-state index contributed by atoms with van der Waals surface area (Å²) in [5, 5.41) is 12.3. The Morgan fingerprint density at radius 2 is 0.679 bits per heavy atom.